The van der Waals surface area contributed by atoms with E-state index in [1.807, 2.05) is 50.2 Å². The van der Waals surface area contributed by atoms with Crippen molar-refractivity contribution in [2.75, 3.05) is 23.9 Å². The predicted octanol–water partition coefficient (Wildman–Crippen LogP) is 6.01. The van der Waals surface area contributed by atoms with Gasteiger partial charge in [0.25, 0.3) is 11.8 Å². The number of carbonyl (C=O) groups is 2. The minimum absolute atomic E-state index is 0.161. The molecule has 0 saturated heterocycles. The number of carbonyl (C=O) groups excluding carboxylic acids is 2. The van der Waals surface area contributed by atoms with Crippen LogP contribution >= 0.6 is 15.9 Å². The normalized spacial score (nSPS) is 10.6. The van der Waals surface area contributed by atoms with Gasteiger partial charge in [0.1, 0.15) is 5.75 Å². The molecule has 0 unspecified atom stereocenters. The van der Waals surface area contributed by atoms with Crippen LogP contribution in [0.1, 0.15) is 34.6 Å². The molecule has 0 radical (unpaired) electrons. The average Bonchev–Trinajstić information content (AvgIpc) is 2.77. The molecule has 5 nitrogen and oxygen atoms in total. The predicted molar refractivity (Wildman–Crippen MR) is 128 cm³/mol. The fraction of sp³-hybridized carbons (Fsp3) is 0.200. The molecular formula is C25H25BrN2O3. The average molecular weight is 481 g/mol. The number of para-hydroxylation sites is 1. The molecule has 0 aliphatic heterocycles. The van der Waals surface area contributed by atoms with E-state index in [1.165, 1.54) is 0 Å². The third-order valence-corrected chi connectivity index (χ3v) is 5.07. The van der Waals surface area contributed by atoms with Crippen molar-refractivity contribution in [3.8, 4) is 5.75 Å². The summed E-state index contributed by atoms with van der Waals surface area (Å²) in [4.78, 5) is 27.4. The van der Waals surface area contributed by atoms with Crippen LogP contribution in [-0.2, 0) is 0 Å². The first-order chi connectivity index (χ1) is 14.8. The van der Waals surface area contributed by atoms with E-state index >= 15 is 0 Å². The molecular weight excluding hydrogens is 456 g/mol. The Balaban J connectivity index is 1.79. The molecule has 0 bridgehead atoms. The molecule has 3 rings (SSSR count). The molecule has 6 heteroatoms. The number of benzene rings is 3. The number of nitrogens with zero attached hydrogens (tertiary/aromatic N) is 1. The van der Waals surface area contributed by atoms with Crippen molar-refractivity contribution in [3.63, 3.8) is 0 Å². The lowest BCUT2D eigenvalue weighted by Gasteiger charge is -2.18. The summed E-state index contributed by atoms with van der Waals surface area (Å²) in [6.45, 7) is 4.61. The maximum atomic E-state index is 13.0. The lowest BCUT2D eigenvalue weighted by Crippen LogP contribution is -2.26. The Hall–Kier alpha value is -3.12. The fourth-order valence-electron chi connectivity index (χ4n) is 2.95. The molecule has 0 aromatic heterocycles. The van der Waals surface area contributed by atoms with E-state index in [0.717, 1.165) is 10.2 Å². The van der Waals surface area contributed by atoms with Gasteiger partial charge in [-0.25, -0.2) is 0 Å². The second-order valence-electron chi connectivity index (χ2n) is 7.58. The Morgan fingerprint density at radius 3 is 2.45 bits per heavy atom. The van der Waals surface area contributed by atoms with Crippen LogP contribution in [-0.4, -0.2) is 25.5 Å². The number of amides is 2. The number of ether oxygens (including phenoxy) is 1. The number of rotatable bonds is 7. The summed E-state index contributed by atoms with van der Waals surface area (Å²) in [6.07, 6.45) is 0. The summed E-state index contributed by atoms with van der Waals surface area (Å²) in [5.41, 5.74) is 2.23. The Kier molecular flexibility index (Phi) is 7.47. The minimum Gasteiger partial charge on any atom is -0.492 e. The summed E-state index contributed by atoms with van der Waals surface area (Å²) in [5, 5.41) is 2.88. The first kappa shape index (κ1) is 22.6. The summed E-state index contributed by atoms with van der Waals surface area (Å²) in [7, 11) is 1.72. The Labute approximate surface area is 191 Å². The van der Waals surface area contributed by atoms with Crippen LogP contribution in [0.3, 0.4) is 0 Å². The van der Waals surface area contributed by atoms with Gasteiger partial charge in [-0.05, 0) is 54.4 Å². The summed E-state index contributed by atoms with van der Waals surface area (Å²) < 4.78 is 6.59. The van der Waals surface area contributed by atoms with Gasteiger partial charge in [0.15, 0.2) is 0 Å². The summed E-state index contributed by atoms with van der Waals surface area (Å²) in [5.74, 6) is 0.390. The first-order valence-electron chi connectivity index (χ1n) is 10.0. The molecule has 3 aromatic carbocycles. The molecule has 1 N–H and O–H groups in total. The third kappa shape index (κ3) is 5.95. The maximum absolute atomic E-state index is 13.0. The molecule has 0 spiro atoms. The third-order valence-electron chi connectivity index (χ3n) is 4.57. The zero-order chi connectivity index (χ0) is 22.4. The largest absolute Gasteiger partial charge is 0.492 e. The second-order valence-corrected chi connectivity index (χ2v) is 8.50. The standard InChI is InChI=1S/C25H25BrN2O3/c1-17(2)16-31-23-13-12-19(26)15-22(23)24(29)27-20-9-7-8-18(14-20)25(30)28(3)21-10-5-4-6-11-21/h4-15,17H,16H2,1-3H3,(H,27,29). The number of hydrogen-bond donors (Lipinski definition) is 1. The van der Waals surface area contributed by atoms with E-state index in [2.05, 4.69) is 21.2 Å². The minimum atomic E-state index is -0.305. The molecule has 0 saturated carbocycles. The molecule has 2 amide bonds. The highest BCUT2D eigenvalue weighted by molar-refractivity contribution is 9.10. The van der Waals surface area contributed by atoms with Crippen LogP contribution in [0.5, 0.6) is 5.75 Å². The summed E-state index contributed by atoms with van der Waals surface area (Å²) >= 11 is 3.41. The van der Waals surface area contributed by atoms with Gasteiger partial charge in [-0.15, -0.1) is 0 Å². The van der Waals surface area contributed by atoms with Crippen LogP contribution in [0.4, 0.5) is 11.4 Å². The smallest absolute Gasteiger partial charge is 0.259 e. The van der Waals surface area contributed by atoms with Crippen molar-refractivity contribution >= 4 is 39.1 Å². The van der Waals surface area contributed by atoms with E-state index in [9.17, 15) is 9.59 Å². The Morgan fingerprint density at radius 1 is 1.00 bits per heavy atom. The van der Waals surface area contributed by atoms with Crippen LogP contribution in [0.2, 0.25) is 0 Å². The molecule has 0 fully saturated rings. The lowest BCUT2D eigenvalue weighted by atomic mass is 10.1. The van der Waals surface area contributed by atoms with Gasteiger partial charge in [0.05, 0.1) is 12.2 Å². The van der Waals surface area contributed by atoms with Crippen LogP contribution < -0.4 is 15.0 Å². The van der Waals surface area contributed by atoms with E-state index < -0.39 is 0 Å². The molecule has 0 atom stereocenters. The number of hydrogen-bond acceptors (Lipinski definition) is 3. The van der Waals surface area contributed by atoms with Gasteiger partial charge in [0, 0.05) is 28.5 Å². The monoisotopic (exact) mass is 480 g/mol. The quantitative estimate of drug-likeness (QED) is 0.450. The van der Waals surface area contributed by atoms with Crippen LogP contribution in [0.15, 0.2) is 77.3 Å². The van der Waals surface area contributed by atoms with E-state index in [1.54, 1.807) is 48.3 Å². The first-order valence-corrected chi connectivity index (χ1v) is 10.8. The highest BCUT2D eigenvalue weighted by Crippen LogP contribution is 2.25. The van der Waals surface area contributed by atoms with Crippen LogP contribution in [0.25, 0.3) is 0 Å². The maximum Gasteiger partial charge on any atom is 0.259 e. The topological polar surface area (TPSA) is 58.6 Å². The van der Waals surface area contributed by atoms with Gasteiger partial charge in [0.2, 0.25) is 0 Å². The number of nitrogens with one attached hydrogen (secondary N) is 1. The second kappa shape index (κ2) is 10.3. The molecule has 0 heterocycles. The zero-order valence-electron chi connectivity index (χ0n) is 17.8. The van der Waals surface area contributed by atoms with Crippen molar-refractivity contribution in [2.24, 2.45) is 5.92 Å². The van der Waals surface area contributed by atoms with Gasteiger partial charge in [-0.1, -0.05) is 54.0 Å². The van der Waals surface area contributed by atoms with Crippen molar-refractivity contribution in [3.05, 3.63) is 88.4 Å². The van der Waals surface area contributed by atoms with Gasteiger partial charge >= 0.3 is 0 Å². The van der Waals surface area contributed by atoms with Crippen molar-refractivity contribution < 1.29 is 14.3 Å². The van der Waals surface area contributed by atoms with E-state index in [4.69, 9.17) is 4.74 Å². The Bertz CT molecular complexity index is 1070. The highest BCUT2D eigenvalue weighted by atomic mass is 79.9. The van der Waals surface area contributed by atoms with E-state index in [-0.39, 0.29) is 11.8 Å². The van der Waals surface area contributed by atoms with Crippen molar-refractivity contribution in [1.29, 1.82) is 0 Å². The fourth-order valence-corrected chi connectivity index (χ4v) is 3.31. The SMILES string of the molecule is CC(C)COc1ccc(Br)cc1C(=O)Nc1cccc(C(=O)N(C)c2ccccc2)c1. The van der Waals surface area contributed by atoms with Gasteiger partial charge < -0.3 is 15.0 Å². The molecule has 0 aliphatic carbocycles. The molecule has 160 valence electrons. The Morgan fingerprint density at radius 2 is 1.74 bits per heavy atom. The van der Waals surface area contributed by atoms with Gasteiger partial charge in [-0.3, -0.25) is 9.59 Å². The molecule has 3 aromatic rings. The number of halogens is 1. The summed E-state index contributed by atoms with van der Waals surface area (Å²) in [6, 6.07) is 21.6. The highest BCUT2D eigenvalue weighted by Gasteiger charge is 2.17. The molecule has 0 aliphatic rings. The van der Waals surface area contributed by atoms with Crippen molar-refractivity contribution in [1.82, 2.24) is 0 Å². The van der Waals surface area contributed by atoms with Gasteiger partial charge in [-0.2, -0.15) is 0 Å². The number of anilines is 2. The lowest BCUT2D eigenvalue weighted by molar-refractivity contribution is 0.0989. The zero-order valence-corrected chi connectivity index (χ0v) is 19.3. The molecule has 31 heavy (non-hydrogen) atoms. The van der Waals surface area contributed by atoms with Crippen LogP contribution in [0, 0.1) is 5.92 Å². The van der Waals surface area contributed by atoms with E-state index in [0.29, 0.717) is 35.1 Å². The van der Waals surface area contributed by atoms with Crippen molar-refractivity contribution in [2.45, 2.75) is 13.8 Å².